The molecule has 4 amide bonds. The van der Waals surface area contributed by atoms with Crippen LogP contribution in [0, 0.1) is 46.8 Å². The number of phenols is 1. The van der Waals surface area contributed by atoms with Gasteiger partial charge in [0.1, 0.15) is 11.4 Å². The third-order valence-electron chi connectivity index (χ3n) is 10.1. The smallest absolute Gasteiger partial charge is 0.305 e. The van der Waals surface area contributed by atoms with Gasteiger partial charge in [-0.3, -0.25) is 28.9 Å². The van der Waals surface area contributed by atoms with Crippen LogP contribution in [0.1, 0.15) is 30.7 Å². The molecule has 49 heavy (non-hydrogen) atoms. The van der Waals surface area contributed by atoms with Crippen molar-refractivity contribution in [1.82, 2.24) is 4.90 Å². The van der Waals surface area contributed by atoms with Crippen molar-refractivity contribution in [2.75, 3.05) is 11.4 Å². The van der Waals surface area contributed by atoms with Crippen molar-refractivity contribution < 1.29 is 56.1 Å². The van der Waals surface area contributed by atoms with E-state index in [1.54, 1.807) is 12.1 Å². The number of carboxylic acid groups (broad SMARTS) is 1. The lowest BCUT2D eigenvalue weighted by molar-refractivity contribution is -0.142. The average Bonchev–Trinajstić information content (AvgIpc) is 3.40. The summed E-state index contributed by atoms with van der Waals surface area (Å²) >= 11 is 14.3. The number of aliphatic carboxylic acids is 1. The van der Waals surface area contributed by atoms with Gasteiger partial charge in [-0.1, -0.05) is 42.0 Å². The Hall–Kier alpha value is -4.56. The molecule has 254 valence electrons. The van der Waals surface area contributed by atoms with E-state index in [9.17, 15) is 47.4 Å². The van der Waals surface area contributed by atoms with Gasteiger partial charge in [0, 0.05) is 17.8 Å². The lowest BCUT2D eigenvalue weighted by Gasteiger charge is -2.51. The van der Waals surface area contributed by atoms with E-state index >= 15 is 8.78 Å². The van der Waals surface area contributed by atoms with Crippen LogP contribution in [0.5, 0.6) is 5.75 Å². The fraction of sp³-hybridized carbons (Fsp3) is 0.303. The van der Waals surface area contributed by atoms with Crippen molar-refractivity contribution in [3.8, 4) is 5.75 Å². The molecule has 16 heteroatoms. The molecule has 3 fully saturated rings. The summed E-state index contributed by atoms with van der Waals surface area (Å²) in [4.78, 5) is 62.3. The lowest BCUT2D eigenvalue weighted by atomic mass is 9.56. The number of phenolic OH excluding ortho intramolecular Hbond substituents is 1. The Morgan fingerprint density at radius 1 is 0.837 bits per heavy atom. The number of anilines is 1. The molecule has 2 N–H and O–H groups in total. The van der Waals surface area contributed by atoms with E-state index in [-0.39, 0.29) is 39.0 Å². The first kappa shape index (κ1) is 33.0. The maximum atomic E-state index is 15.2. The fourth-order valence-corrected chi connectivity index (χ4v) is 8.89. The van der Waals surface area contributed by atoms with Crippen LogP contribution in [0.2, 0.25) is 0 Å². The standard InChI is InChI=1S/C33H21Cl2F5N2O7/c34-32-11-17-15(5-6-16-20(17)29(47)41(28(16)46)10-9-19(44)45)21(14-7-8-18(43)13-4-2-1-3-12(13)14)33(32,35)31(49)42(30(32)48)27-25(39)23(37)22(36)24(38)26(27)40/h1-5,7-8,16-17,20-21,43H,6,9-11H2,(H,44,45)/t16-,17+,20-,21-,32+,33-/m0/s1. The number of fused-ring (bicyclic) bond motifs is 5. The number of carboxylic acids is 1. The summed E-state index contributed by atoms with van der Waals surface area (Å²) in [6.45, 7) is -0.453. The number of amides is 4. The molecule has 3 aromatic rings. The van der Waals surface area contributed by atoms with Gasteiger partial charge in [0.05, 0.1) is 18.3 Å². The molecule has 0 spiro atoms. The second-order valence-electron chi connectivity index (χ2n) is 12.4. The minimum atomic E-state index is -2.73. The van der Waals surface area contributed by atoms with Gasteiger partial charge in [-0.05, 0) is 35.8 Å². The first-order chi connectivity index (χ1) is 23.1. The summed E-state index contributed by atoms with van der Waals surface area (Å²) in [5.41, 5.74) is -1.51. The molecular formula is C33H21Cl2F5N2O7. The second kappa shape index (κ2) is 11.0. The van der Waals surface area contributed by atoms with Crippen molar-refractivity contribution in [3.63, 3.8) is 0 Å². The van der Waals surface area contributed by atoms with Crippen LogP contribution in [0.4, 0.5) is 27.6 Å². The first-order valence-electron chi connectivity index (χ1n) is 14.8. The van der Waals surface area contributed by atoms with Gasteiger partial charge in [-0.25, -0.2) is 26.9 Å². The second-order valence-corrected chi connectivity index (χ2v) is 13.6. The zero-order valence-electron chi connectivity index (χ0n) is 24.7. The van der Waals surface area contributed by atoms with Crippen LogP contribution >= 0.6 is 23.2 Å². The summed E-state index contributed by atoms with van der Waals surface area (Å²) in [6, 6.07) is 8.84. The molecule has 1 saturated carbocycles. The van der Waals surface area contributed by atoms with Crippen LogP contribution in [0.3, 0.4) is 0 Å². The highest BCUT2D eigenvalue weighted by Crippen LogP contribution is 2.66. The Morgan fingerprint density at radius 3 is 2.08 bits per heavy atom. The van der Waals surface area contributed by atoms with Gasteiger partial charge < -0.3 is 10.2 Å². The highest BCUT2D eigenvalue weighted by molar-refractivity contribution is 6.58. The predicted octanol–water partition coefficient (Wildman–Crippen LogP) is 5.28. The topological polar surface area (TPSA) is 132 Å². The quantitative estimate of drug-likeness (QED) is 0.0915. The molecule has 2 aliphatic carbocycles. The van der Waals surface area contributed by atoms with E-state index < -0.39 is 117 Å². The van der Waals surface area contributed by atoms with Gasteiger partial charge >= 0.3 is 5.97 Å². The summed E-state index contributed by atoms with van der Waals surface area (Å²) in [5.74, 6) is -23.5. The third-order valence-corrected chi connectivity index (χ3v) is 11.5. The number of likely N-dealkylation sites (tertiary alicyclic amines) is 1. The van der Waals surface area contributed by atoms with Crippen molar-refractivity contribution in [2.45, 2.75) is 34.9 Å². The largest absolute Gasteiger partial charge is 0.507 e. The van der Waals surface area contributed by atoms with Gasteiger partial charge in [-0.15, -0.1) is 23.2 Å². The molecule has 2 heterocycles. The Bertz CT molecular complexity index is 2080. The van der Waals surface area contributed by atoms with Crippen LogP contribution in [-0.4, -0.2) is 61.0 Å². The normalized spacial score (nSPS) is 29.3. The number of hydrogen-bond acceptors (Lipinski definition) is 6. The number of aromatic hydroxyl groups is 1. The van der Waals surface area contributed by atoms with E-state index in [2.05, 4.69) is 0 Å². The minimum absolute atomic E-state index is 0.0943. The van der Waals surface area contributed by atoms with Crippen molar-refractivity contribution >= 4 is 69.3 Å². The molecule has 9 nitrogen and oxygen atoms in total. The van der Waals surface area contributed by atoms with Crippen molar-refractivity contribution in [2.24, 2.45) is 17.8 Å². The van der Waals surface area contributed by atoms with Gasteiger partial charge in [0.2, 0.25) is 17.6 Å². The summed E-state index contributed by atoms with van der Waals surface area (Å²) in [6.07, 6.45) is 0.185. The summed E-state index contributed by atoms with van der Waals surface area (Å²) in [5, 5.41) is 20.3. The number of halogens is 7. The monoisotopic (exact) mass is 722 g/mol. The minimum Gasteiger partial charge on any atom is -0.507 e. The van der Waals surface area contributed by atoms with Crippen LogP contribution in [0.15, 0.2) is 48.0 Å². The van der Waals surface area contributed by atoms with Gasteiger partial charge in [-0.2, -0.15) is 0 Å². The van der Waals surface area contributed by atoms with E-state index in [1.165, 1.54) is 30.3 Å². The molecule has 2 aliphatic heterocycles. The number of nitrogens with zero attached hydrogens (tertiary/aromatic N) is 2. The molecule has 0 bridgehead atoms. The molecule has 0 aromatic heterocycles. The molecule has 2 saturated heterocycles. The maximum absolute atomic E-state index is 15.2. The van der Waals surface area contributed by atoms with Crippen molar-refractivity contribution in [3.05, 3.63) is 82.7 Å². The van der Waals surface area contributed by atoms with Crippen molar-refractivity contribution in [1.29, 1.82) is 0 Å². The Morgan fingerprint density at radius 2 is 1.45 bits per heavy atom. The molecule has 0 radical (unpaired) electrons. The lowest BCUT2D eigenvalue weighted by Crippen LogP contribution is -2.60. The zero-order valence-corrected chi connectivity index (χ0v) is 26.2. The van der Waals surface area contributed by atoms with E-state index in [0.717, 1.165) is 4.90 Å². The third kappa shape index (κ3) is 4.19. The highest BCUT2D eigenvalue weighted by atomic mass is 35.5. The van der Waals surface area contributed by atoms with Gasteiger partial charge in [0.25, 0.3) is 11.8 Å². The number of allylic oxidation sites excluding steroid dienone is 2. The Kier molecular flexibility index (Phi) is 7.38. The number of rotatable bonds is 5. The number of carbonyl (C=O) groups is 5. The molecule has 6 atom stereocenters. The average molecular weight is 723 g/mol. The Balaban J connectivity index is 1.47. The molecular weight excluding hydrogens is 702 g/mol. The SMILES string of the molecule is O=C(O)CCN1C(=O)[C@H]2[C@H](CC=C3[C@H]2C[C@@]2(Cl)C(=O)N(c4c(F)c(F)c(F)c(F)c4F)C(=O)[C@@]2(Cl)[C@H]3c2ccc(O)c3ccccc23)C1=O. The first-order valence-corrected chi connectivity index (χ1v) is 15.6. The van der Waals surface area contributed by atoms with E-state index in [1.807, 2.05) is 0 Å². The zero-order chi connectivity index (χ0) is 35.5. The molecule has 7 rings (SSSR count). The van der Waals surface area contributed by atoms with Crippen LogP contribution in [0.25, 0.3) is 10.8 Å². The number of carbonyl (C=O) groups excluding carboxylic acids is 4. The summed E-state index contributed by atoms with van der Waals surface area (Å²) < 4.78 is 73.3. The highest BCUT2D eigenvalue weighted by Gasteiger charge is 2.77. The summed E-state index contributed by atoms with van der Waals surface area (Å²) in [7, 11) is 0. The maximum Gasteiger partial charge on any atom is 0.305 e. The molecule has 3 aromatic carbocycles. The van der Waals surface area contributed by atoms with Crippen LogP contribution < -0.4 is 4.90 Å². The van der Waals surface area contributed by atoms with E-state index in [4.69, 9.17) is 23.2 Å². The van der Waals surface area contributed by atoms with Gasteiger partial charge in [0.15, 0.2) is 33.0 Å². The van der Waals surface area contributed by atoms with Crippen LogP contribution in [-0.2, 0) is 24.0 Å². The number of benzene rings is 3. The fourth-order valence-electron chi connectivity index (χ4n) is 7.96. The molecule has 0 unspecified atom stereocenters. The predicted molar refractivity (Wildman–Crippen MR) is 161 cm³/mol. The van der Waals surface area contributed by atoms with E-state index in [0.29, 0.717) is 0 Å². The number of hydrogen-bond donors (Lipinski definition) is 2. The Labute approximate surface area is 282 Å². The molecule has 4 aliphatic rings. The number of alkyl halides is 2. The number of imide groups is 2.